The van der Waals surface area contributed by atoms with Crippen LogP contribution in [0.3, 0.4) is 0 Å². The van der Waals surface area contributed by atoms with Gasteiger partial charge >= 0.3 is 5.97 Å². The Labute approximate surface area is 171 Å². The minimum Gasteiger partial charge on any atom is -0.481 e. The normalized spacial score (nSPS) is 17.8. The largest absolute Gasteiger partial charge is 0.481 e. The zero-order valence-corrected chi connectivity index (χ0v) is 18.7. The summed E-state index contributed by atoms with van der Waals surface area (Å²) in [5.41, 5.74) is 3.36. The van der Waals surface area contributed by atoms with Crippen molar-refractivity contribution in [2.75, 3.05) is 20.6 Å². The van der Waals surface area contributed by atoms with Gasteiger partial charge in [0.2, 0.25) is 0 Å². The van der Waals surface area contributed by atoms with Crippen LogP contribution in [0.2, 0.25) is 0 Å². The molecule has 1 aliphatic rings. The first-order valence-corrected chi connectivity index (χ1v) is 10.2. The van der Waals surface area contributed by atoms with Crippen LogP contribution in [-0.4, -0.2) is 36.6 Å². The third kappa shape index (κ3) is 5.26. The Kier molecular flexibility index (Phi) is 8.82. The predicted octanol–water partition coefficient (Wildman–Crippen LogP) is 6.04. The number of benzene rings is 1. The summed E-state index contributed by atoms with van der Waals surface area (Å²) < 4.78 is 0. The SMILES string of the molecule is CC(C)c1cccc(C(C)C)c1C(C(=O)O)C1(CN(C)C)CCCCC1.Cl. The molecule has 4 heteroatoms. The van der Waals surface area contributed by atoms with E-state index in [2.05, 4.69) is 64.9 Å². The first-order chi connectivity index (χ1) is 12.2. The van der Waals surface area contributed by atoms with Crippen molar-refractivity contribution >= 4 is 18.4 Å². The fourth-order valence-corrected chi connectivity index (χ4v) is 5.06. The summed E-state index contributed by atoms with van der Waals surface area (Å²) in [5, 5.41) is 10.5. The van der Waals surface area contributed by atoms with Crippen LogP contribution in [-0.2, 0) is 4.79 Å². The average Bonchev–Trinajstić information content (AvgIpc) is 2.54. The highest BCUT2D eigenvalue weighted by atomic mass is 35.5. The molecule has 2 rings (SSSR count). The van der Waals surface area contributed by atoms with Crippen LogP contribution < -0.4 is 0 Å². The monoisotopic (exact) mass is 395 g/mol. The van der Waals surface area contributed by atoms with E-state index in [4.69, 9.17) is 0 Å². The van der Waals surface area contributed by atoms with Crippen molar-refractivity contribution in [3.63, 3.8) is 0 Å². The van der Waals surface area contributed by atoms with Crippen molar-refractivity contribution in [1.82, 2.24) is 4.90 Å². The van der Waals surface area contributed by atoms with Gasteiger partial charge in [-0.05, 0) is 55.5 Å². The van der Waals surface area contributed by atoms with Gasteiger partial charge in [0.15, 0.2) is 0 Å². The van der Waals surface area contributed by atoms with Crippen LogP contribution in [0.4, 0.5) is 0 Å². The molecular weight excluding hydrogens is 358 g/mol. The number of nitrogens with zero attached hydrogens (tertiary/aromatic N) is 1. The van der Waals surface area contributed by atoms with Crippen LogP contribution >= 0.6 is 12.4 Å². The first kappa shape index (κ1) is 24.0. The van der Waals surface area contributed by atoms with E-state index in [-0.39, 0.29) is 17.8 Å². The van der Waals surface area contributed by atoms with Gasteiger partial charge in [-0.25, -0.2) is 0 Å². The number of aliphatic carboxylic acids is 1. The van der Waals surface area contributed by atoms with E-state index in [0.29, 0.717) is 11.8 Å². The van der Waals surface area contributed by atoms with E-state index in [1.165, 1.54) is 17.5 Å². The van der Waals surface area contributed by atoms with Gasteiger partial charge in [-0.3, -0.25) is 4.79 Å². The Bertz CT molecular complexity index is 593. The number of carboxylic acid groups (broad SMARTS) is 1. The topological polar surface area (TPSA) is 40.5 Å². The Morgan fingerprint density at radius 2 is 1.52 bits per heavy atom. The lowest BCUT2D eigenvalue weighted by Gasteiger charge is -2.45. The lowest BCUT2D eigenvalue weighted by Crippen LogP contribution is -2.44. The summed E-state index contributed by atoms with van der Waals surface area (Å²) >= 11 is 0. The molecule has 1 aromatic carbocycles. The van der Waals surface area contributed by atoms with Gasteiger partial charge < -0.3 is 10.0 Å². The van der Waals surface area contributed by atoms with Crippen LogP contribution in [0.5, 0.6) is 0 Å². The lowest BCUT2D eigenvalue weighted by molar-refractivity contribution is -0.143. The maximum absolute atomic E-state index is 12.7. The quantitative estimate of drug-likeness (QED) is 0.612. The van der Waals surface area contributed by atoms with E-state index in [1.807, 2.05) is 0 Å². The summed E-state index contributed by atoms with van der Waals surface area (Å²) in [5.74, 6) is -0.430. The molecule has 1 N–H and O–H groups in total. The minimum atomic E-state index is -0.649. The Hall–Kier alpha value is -1.06. The smallest absolute Gasteiger partial charge is 0.311 e. The van der Waals surface area contributed by atoms with E-state index in [9.17, 15) is 9.90 Å². The predicted molar refractivity (Wildman–Crippen MR) is 116 cm³/mol. The standard InChI is InChI=1S/C23H37NO2.ClH/c1-16(2)18-11-10-12-19(17(3)4)20(18)21(22(25)26)23(15-24(5)6)13-8-7-9-14-23;/h10-12,16-17,21H,7-9,13-15H2,1-6H3,(H,25,26);1H. The Morgan fingerprint density at radius 3 is 1.89 bits per heavy atom. The summed E-state index contributed by atoms with van der Waals surface area (Å²) in [6.07, 6.45) is 5.51. The number of carboxylic acids is 1. The lowest BCUT2D eigenvalue weighted by atomic mass is 9.61. The number of rotatable bonds is 7. The minimum absolute atomic E-state index is 0. The third-order valence-electron chi connectivity index (χ3n) is 6.05. The molecule has 1 fully saturated rings. The van der Waals surface area contributed by atoms with Crippen molar-refractivity contribution in [2.24, 2.45) is 5.41 Å². The Balaban J connectivity index is 0.00000364. The van der Waals surface area contributed by atoms with Gasteiger partial charge in [-0.15, -0.1) is 12.4 Å². The number of hydrogen-bond acceptors (Lipinski definition) is 2. The van der Waals surface area contributed by atoms with E-state index in [1.54, 1.807) is 0 Å². The zero-order chi connectivity index (χ0) is 19.5. The Morgan fingerprint density at radius 1 is 1.04 bits per heavy atom. The van der Waals surface area contributed by atoms with Crippen LogP contribution in [0.1, 0.15) is 94.2 Å². The molecule has 0 spiro atoms. The highest BCUT2D eigenvalue weighted by Gasteiger charge is 2.46. The molecule has 1 aliphatic carbocycles. The van der Waals surface area contributed by atoms with Crippen molar-refractivity contribution in [2.45, 2.75) is 77.6 Å². The molecular formula is C23H38ClNO2. The van der Waals surface area contributed by atoms with E-state index < -0.39 is 11.9 Å². The van der Waals surface area contributed by atoms with Gasteiger partial charge in [0.05, 0.1) is 5.92 Å². The van der Waals surface area contributed by atoms with E-state index in [0.717, 1.165) is 37.8 Å². The third-order valence-corrected chi connectivity index (χ3v) is 6.05. The van der Waals surface area contributed by atoms with Crippen LogP contribution in [0.25, 0.3) is 0 Å². The summed E-state index contributed by atoms with van der Waals surface area (Å²) in [7, 11) is 4.15. The first-order valence-electron chi connectivity index (χ1n) is 10.2. The molecule has 0 aromatic heterocycles. The average molecular weight is 396 g/mol. The van der Waals surface area contributed by atoms with E-state index >= 15 is 0 Å². The molecule has 3 nitrogen and oxygen atoms in total. The molecule has 0 saturated heterocycles. The van der Waals surface area contributed by atoms with Crippen molar-refractivity contribution in [1.29, 1.82) is 0 Å². The molecule has 0 amide bonds. The van der Waals surface area contributed by atoms with Gasteiger partial charge in [0.25, 0.3) is 0 Å². The number of halogens is 1. The summed E-state index contributed by atoms with van der Waals surface area (Å²) in [4.78, 5) is 14.9. The fourth-order valence-electron chi connectivity index (χ4n) is 5.06. The molecule has 1 aromatic rings. The molecule has 1 saturated carbocycles. The molecule has 0 heterocycles. The molecule has 0 radical (unpaired) electrons. The van der Waals surface area contributed by atoms with Crippen molar-refractivity contribution in [3.05, 3.63) is 34.9 Å². The molecule has 154 valence electrons. The van der Waals surface area contributed by atoms with Crippen molar-refractivity contribution < 1.29 is 9.90 Å². The summed E-state index contributed by atoms with van der Waals surface area (Å²) in [6, 6.07) is 6.40. The zero-order valence-electron chi connectivity index (χ0n) is 17.9. The number of carbonyl (C=O) groups is 1. The molecule has 0 bridgehead atoms. The van der Waals surface area contributed by atoms with Gasteiger partial charge in [-0.2, -0.15) is 0 Å². The second-order valence-electron chi connectivity index (χ2n) is 9.09. The van der Waals surface area contributed by atoms with Gasteiger partial charge in [-0.1, -0.05) is 65.2 Å². The van der Waals surface area contributed by atoms with Gasteiger partial charge in [0.1, 0.15) is 0 Å². The second-order valence-corrected chi connectivity index (χ2v) is 9.09. The fraction of sp³-hybridized carbons (Fsp3) is 0.696. The molecule has 1 atom stereocenters. The molecule has 0 aliphatic heterocycles. The van der Waals surface area contributed by atoms with Crippen LogP contribution in [0.15, 0.2) is 18.2 Å². The summed E-state index contributed by atoms with van der Waals surface area (Å²) in [6.45, 7) is 9.57. The maximum atomic E-state index is 12.7. The van der Waals surface area contributed by atoms with Crippen molar-refractivity contribution in [3.8, 4) is 0 Å². The maximum Gasteiger partial charge on any atom is 0.311 e. The second kappa shape index (κ2) is 9.93. The highest BCUT2D eigenvalue weighted by molar-refractivity contribution is 5.85. The molecule has 27 heavy (non-hydrogen) atoms. The van der Waals surface area contributed by atoms with Gasteiger partial charge in [0, 0.05) is 12.0 Å². The number of hydrogen-bond donors (Lipinski definition) is 1. The van der Waals surface area contributed by atoms with Crippen LogP contribution in [0, 0.1) is 5.41 Å². The molecule has 1 unspecified atom stereocenters. The highest BCUT2D eigenvalue weighted by Crippen LogP contribution is 2.51.